The van der Waals surface area contributed by atoms with Gasteiger partial charge < -0.3 is 10.4 Å². The monoisotopic (exact) mass is 379 g/mol. The van der Waals surface area contributed by atoms with Crippen LogP contribution < -0.4 is 5.32 Å². The van der Waals surface area contributed by atoms with Crippen molar-refractivity contribution in [1.29, 1.82) is 0 Å². The molecule has 0 saturated carbocycles. The fraction of sp³-hybridized carbons (Fsp3) is 0.143. The van der Waals surface area contributed by atoms with Crippen LogP contribution in [0.15, 0.2) is 40.9 Å². The molecule has 0 atom stereocenters. The van der Waals surface area contributed by atoms with Crippen LogP contribution >= 0.6 is 27.5 Å². The molecule has 0 radical (unpaired) electrons. The Morgan fingerprint density at radius 1 is 1.19 bits per heavy atom. The standard InChI is InChI=1S/C14H10BrClF3NO/c15-9-4-8(14(17,18)19)5-10(6-9)20-7-11-12(16)2-1-3-13(11)21/h1-6,20-21H,7H2. The summed E-state index contributed by atoms with van der Waals surface area (Å²) < 4.78 is 38.5. The molecule has 0 heterocycles. The summed E-state index contributed by atoms with van der Waals surface area (Å²) in [5.41, 5.74) is -0.0634. The van der Waals surface area contributed by atoms with Gasteiger partial charge >= 0.3 is 6.18 Å². The number of anilines is 1. The molecular formula is C14H10BrClF3NO. The predicted molar refractivity (Wildman–Crippen MR) is 79.6 cm³/mol. The van der Waals surface area contributed by atoms with E-state index in [1.54, 1.807) is 12.1 Å². The van der Waals surface area contributed by atoms with Crippen molar-refractivity contribution in [1.82, 2.24) is 0 Å². The van der Waals surface area contributed by atoms with Gasteiger partial charge in [-0.1, -0.05) is 33.6 Å². The molecule has 0 unspecified atom stereocenters. The number of hydrogen-bond acceptors (Lipinski definition) is 2. The number of phenols is 1. The van der Waals surface area contributed by atoms with Gasteiger partial charge in [0.2, 0.25) is 0 Å². The van der Waals surface area contributed by atoms with Gasteiger partial charge in [-0.05, 0) is 30.3 Å². The van der Waals surface area contributed by atoms with Crippen LogP contribution in [0.3, 0.4) is 0 Å². The van der Waals surface area contributed by atoms with E-state index in [0.29, 0.717) is 15.1 Å². The van der Waals surface area contributed by atoms with Gasteiger partial charge in [-0.15, -0.1) is 0 Å². The lowest BCUT2D eigenvalue weighted by atomic mass is 10.1. The Kier molecular flexibility index (Phi) is 4.68. The van der Waals surface area contributed by atoms with Gasteiger partial charge in [0.15, 0.2) is 0 Å². The predicted octanol–water partition coefficient (Wildman–Crippen LogP) is 5.44. The molecule has 2 rings (SSSR count). The van der Waals surface area contributed by atoms with Crippen LogP contribution in [0, 0.1) is 0 Å². The van der Waals surface area contributed by atoms with E-state index in [1.807, 2.05) is 0 Å². The zero-order valence-corrected chi connectivity index (χ0v) is 12.9. The van der Waals surface area contributed by atoms with Crippen molar-refractivity contribution >= 4 is 33.2 Å². The first kappa shape index (κ1) is 16.0. The average Bonchev–Trinajstić information content (AvgIpc) is 2.36. The molecule has 0 aliphatic rings. The average molecular weight is 381 g/mol. The van der Waals surface area contributed by atoms with Gasteiger partial charge in [-0.3, -0.25) is 0 Å². The normalized spacial score (nSPS) is 11.5. The first-order chi connectivity index (χ1) is 9.77. The van der Waals surface area contributed by atoms with Crippen molar-refractivity contribution in [3.63, 3.8) is 0 Å². The van der Waals surface area contributed by atoms with Crippen LogP contribution in [0.2, 0.25) is 5.02 Å². The Morgan fingerprint density at radius 3 is 2.52 bits per heavy atom. The molecule has 0 aliphatic carbocycles. The molecule has 0 saturated heterocycles. The van der Waals surface area contributed by atoms with Gasteiger partial charge in [-0.25, -0.2) is 0 Å². The minimum absolute atomic E-state index is 0.0129. The molecule has 0 amide bonds. The molecule has 112 valence electrons. The number of alkyl halides is 3. The van der Waals surface area contributed by atoms with Crippen molar-refractivity contribution < 1.29 is 18.3 Å². The van der Waals surface area contributed by atoms with E-state index in [4.69, 9.17) is 11.6 Å². The number of nitrogens with one attached hydrogen (secondary N) is 1. The number of phenolic OH excluding ortho intramolecular Hbond substituents is 1. The fourth-order valence-corrected chi connectivity index (χ4v) is 2.50. The minimum Gasteiger partial charge on any atom is -0.508 e. The lowest BCUT2D eigenvalue weighted by Gasteiger charge is -2.13. The first-order valence-electron chi connectivity index (χ1n) is 5.85. The molecule has 2 N–H and O–H groups in total. The summed E-state index contributed by atoms with van der Waals surface area (Å²) in [5, 5.41) is 12.9. The third kappa shape index (κ3) is 4.04. The number of rotatable bonds is 3. The smallest absolute Gasteiger partial charge is 0.416 e. The molecule has 2 nitrogen and oxygen atoms in total. The van der Waals surface area contributed by atoms with Crippen molar-refractivity contribution in [2.45, 2.75) is 12.7 Å². The summed E-state index contributed by atoms with van der Waals surface area (Å²) in [6.07, 6.45) is -4.42. The van der Waals surface area contributed by atoms with E-state index in [2.05, 4.69) is 21.2 Å². The van der Waals surface area contributed by atoms with E-state index in [9.17, 15) is 18.3 Å². The highest BCUT2D eigenvalue weighted by atomic mass is 79.9. The van der Waals surface area contributed by atoms with E-state index >= 15 is 0 Å². The summed E-state index contributed by atoms with van der Waals surface area (Å²) in [6, 6.07) is 8.16. The summed E-state index contributed by atoms with van der Waals surface area (Å²) >= 11 is 8.99. The molecule has 2 aromatic rings. The van der Waals surface area contributed by atoms with Crippen molar-refractivity contribution in [3.8, 4) is 5.75 Å². The van der Waals surface area contributed by atoms with Crippen molar-refractivity contribution in [2.24, 2.45) is 0 Å². The zero-order chi connectivity index (χ0) is 15.6. The van der Waals surface area contributed by atoms with Gasteiger partial charge in [0, 0.05) is 27.3 Å². The van der Waals surface area contributed by atoms with Crippen LogP contribution in [-0.2, 0) is 12.7 Å². The number of aromatic hydroxyl groups is 1. The van der Waals surface area contributed by atoms with Gasteiger partial charge in [-0.2, -0.15) is 13.2 Å². The Bertz CT molecular complexity index is 641. The van der Waals surface area contributed by atoms with E-state index in [1.165, 1.54) is 12.1 Å². The van der Waals surface area contributed by atoms with E-state index < -0.39 is 11.7 Å². The summed E-state index contributed by atoms with van der Waals surface area (Å²) in [5.74, 6) is -0.0129. The van der Waals surface area contributed by atoms with Crippen LogP contribution in [0.4, 0.5) is 18.9 Å². The lowest BCUT2D eigenvalue weighted by Crippen LogP contribution is -2.07. The second kappa shape index (κ2) is 6.15. The third-order valence-corrected chi connectivity index (χ3v) is 3.60. The largest absolute Gasteiger partial charge is 0.508 e. The second-order valence-corrected chi connectivity index (χ2v) is 5.64. The Morgan fingerprint density at radius 2 is 1.90 bits per heavy atom. The molecule has 0 spiro atoms. The van der Waals surface area contributed by atoms with Crippen molar-refractivity contribution in [2.75, 3.05) is 5.32 Å². The molecule has 0 bridgehead atoms. The van der Waals surface area contributed by atoms with Gasteiger partial charge in [0.05, 0.1) is 5.56 Å². The van der Waals surface area contributed by atoms with Crippen molar-refractivity contribution in [3.05, 3.63) is 57.0 Å². The molecule has 0 aliphatic heterocycles. The number of halogens is 5. The molecule has 7 heteroatoms. The van der Waals surface area contributed by atoms with Crippen LogP contribution in [0.5, 0.6) is 5.75 Å². The fourth-order valence-electron chi connectivity index (χ4n) is 1.77. The second-order valence-electron chi connectivity index (χ2n) is 4.32. The van der Waals surface area contributed by atoms with Crippen LogP contribution in [0.1, 0.15) is 11.1 Å². The SMILES string of the molecule is Oc1cccc(Cl)c1CNc1cc(Br)cc(C(F)(F)F)c1. The topological polar surface area (TPSA) is 32.3 Å². The van der Waals surface area contributed by atoms with E-state index in [-0.39, 0.29) is 18.0 Å². The zero-order valence-electron chi connectivity index (χ0n) is 10.5. The molecular weight excluding hydrogens is 371 g/mol. The van der Waals surface area contributed by atoms with E-state index in [0.717, 1.165) is 12.1 Å². The highest BCUT2D eigenvalue weighted by molar-refractivity contribution is 9.10. The Balaban J connectivity index is 2.23. The molecule has 0 aromatic heterocycles. The molecule has 0 fully saturated rings. The minimum atomic E-state index is -4.42. The molecule has 2 aromatic carbocycles. The van der Waals surface area contributed by atoms with Crippen LogP contribution in [-0.4, -0.2) is 5.11 Å². The Labute approximate surface area is 132 Å². The van der Waals surface area contributed by atoms with Gasteiger partial charge in [0.1, 0.15) is 5.75 Å². The first-order valence-corrected chi connectivity index (χ1v) is 7.02. The Hall–Kier alpha value is -1.40. The summed E-state index contributed by atoms with van der Waals surface area (Å²) in [4.78, 5) is 0. The highest BCUT2D eigenvalue weighted by Crippen LogP contribution is 2.34. The quantitative estimate of drug-likeness (QED) is 0.743. The van der Waals surface area contributed by atoms with Crippen LogP contribution in [0.25, 0.3) is 0 Å². The maximum absolute atomic E-state index is 12.7. The summed E-state index contributed by atoms with van der Waals surface area (Å²) in [6.45, 7) is 0.110. The number of benzene rings is 2. The molecule has 21 heavy (non-hydrogen) atoms. The highest BCUT2D eigenvalue weighted by Gasteiger charge is 2.31. The third-order valence-electron chi connectivity index (χ3n) is 2.79. The number of hydrogen-bond donors (Lipinski definition) is 2. The van der Waals surface area contributed by atoms with Gasteiger partial charge in [0.25, 0.3) is 0 Å². The summed E-state index contributed by atoms with van der Waals surface area (Å²) in [7, 11) is 0. The maximum Gasteiger partial charge on any atom is 0.416 e. The lowest BCUT2D eigenvalue weighted by molar-refractivity contribution is -0.137. The maximum atomic E-state index is 12.7.